The van der Waals surface area contributed by atoms with E-state index in [1.807, 2.05) is 0 Å². The largest absolute Gasteiger partial charge is 0.329 e. The molecular formula is C12H26N2. The molecule has 1 unspecified atom stereocenters. The molecular weight excluding hydrogens is 172 g/mol. The molecule has 0 amide bonds. The van der Waals surface area contributed by atoms with Gasteiger partial charge >= 0.3 is 0 Å². The maximum atomic E-state index is 5.83. The second-order valence-corrected chi connectivity index (χ2v) is 4.93. The van der Waals surface area contributed by atoms with E-state index in [1.165, 1.54) is 32.4 Å². The standard InChI is InChI=1S/C12H26N2/c1-4-11-5-7-14(8-6-11)12(9-13)10(2)3/h10-12H,4-9,13H2,1-3H3. The Balaban J connectivity index is 2.39. The summed E-state index contributed by atoms with van der Waals surface area (Å²) in [7, 11) is 0. The average Bonchev–Trinajstić information content (AvgIpc) is 2.19. The monoisotopic (exact) mass is 198 g/mol. The normalized spacial score (nSPS) is 22.9. The first-order chi connectivity index (χ1) is 6.69. The smallest absolute Gasteiger partial charge is 0.0241 e. The fourth-order valence-corrected chi connectivity index (χ4v) is 2.54. The van der Waals surface area contributed by atoms with Crippen molar-refractivity contribution >= 4 is 0 Å². The Labute approximate surface area is 88.8 Å². The van der Waals surface area contributed by atoms with Gasteiger partial charge in [-0.25, -0.2) is 0 Å². The molecule has 84 valence electrons. The molecule has 1 aliphatic heterocycles. The van der Waals surface area contributed by atoms with Gasteiger partial charge in [-0.2, -0.15) is 0 Å². The quantitative estimate of drug-likeness (QED) is 0.749. The van der Waals surface area contributed by atoms with Crippen molar-refractivity contribution in [3.8, 4) is 0 Å². The van der Waals surface area contributed by atoms with Crippen LogP contribution in [-0.2, 0) is 0 Å². The van der Waals surface area contributed by atoms with Crippen molar-refractivity contribution in [2.24, 2.45) is 17.6 Å². The second-order valence-electron chi connectivity index (χ2n) is 4.93. The van der Waals surface area contributed by atoms with E-state index in [4.69, 9.17) is 5.73 Å². The summed E-state index contributed by atoms with van der Waals surface area (Å²) < 4.78 is 0. The average molecular weight is 198 g/mol. The van der Waals surface area contributed by atoms with Gasteiger partial charge in [0.15, 0.2) is 0 Å². The molecule has 1 fully saturated rings. The first-order valence-electron chi connectivity index (χ1n) is 6.13. The van der Waals surface area contributed by atoms with Crippen LogP contribution in [0.25, 0.3) is 0 Å². The van der Waals surface area contributed by atoms with Crippen LogP contribution in [-0.4, -0.2) is 30.6 Å². The third-order valence-electron chi connectivity index (χ3n) is 3.71. The van der Waals surface area contributed by atoms with Crippen LogP contribution in [0.4, 0.5) is 0 Å². The van der Waals surface area contributed by atoms with Gasteiger partial charge in [0.25, 0.3) is 0 Å². The fraction of sp³-hybridized carbons (Fsp3) is 1.00. The SMILES string of the molecule is CCC1CCN(C(CN)C(C)C)CC1. The van der Waals surface area contributed by atoms with Gasteiger partial charge in [0, 0.05) is 12.6 Å². The predicted octanol–water partition coefficient (Wildman–Crippen LogP) is 2.09. The Bertz CT molecular complexity index is 148. The molecule has 0 spiro atoms. The van der Waals surface area contributed by atoms with E-state index >= 15 is 0 Å². The van der Waals surface area contributed by atoms with Crippen LogP contribution >= 0.6 is 0 Å². The lowest BCUT2D eigenvalue weighted by molar-refractivity contribution is 0.107. The van der Waals surface area contributed by atoms with Crippen molar-refractivity contribution in [2.45, 2.75) is 46.1 Å². The van der Waals surface area contributed by atoms with Gasteiger partial charge in [0.05, 0.1) is 0 Å². The van der Waals surface area contributed by atoms with E-state index in [1.54, 1.807) is 0 Å². The van der Waals surface area contributed by atoms with Crippen molar-refractivity contribution in [2.75, 3.05) is 19.6 Å². The van der Waals surface area contributed by atoms with E-state index in [9.17, 15) is 0 Å². The van der Waals surface area contributed by atoms with Gasteiger partial charge < -0.3 is 5.73 Å². The molecule has 0 saturated carbocycles. The van der Waals surface area contributed by atoms with Crippen LogP contribution < -0.4 is 5.73 Å². The van der Waals surface area contributed by atoms with Crippen molar-refractivity contribution in [1.82, 2.24) is 4.90 Å². The lowest BCUT2D eigenvalue weighted by Crippen LogP contribution is -2.47. The lowest BCUT2D eigenvalue weighted by atomic mass is 9.91. The summed E-state index contributed by atoms with van der Waals surface area (Å²) in [5.74, 6) is 1.66. The van der Waals surface area contributed by atoms with Crippen molar-refractivity contribution in [3.63, 3.8) is 0 Å². The number of piperidine rings is 1. The topological polar surface area (TPSA) is 29.3 Å². The summed E-state index contributed by atoms with van der Waals surface area (Å²) in [6.07, 6.45) is 4.10. The Kier molecular flexibility index (Phi) is 4.90. The van der Waals surface area contributed by atoms with E-state index < -0.39 is 0 Å². The molecule has 1 heterocycles. The Morgan fingerprint density at radius 3 is 2.21 bits per heavy atom. The minimum Gasteiger partial charge on any atom is -0.329 e. The third kappa shape index (κ3) is 2.96. The van der Waals surface area contributed by atoms with Crippen molar-refractivity contribution < 1.29 is 0 Å². The first kappa shape index (κ1) is 12.0. The van der Waals surface area contributed by atoms with Gasteiger partial charge in [-0.05, 0) is 37.8 Å². The van der Waals surface area contributed by atoms with Crippen molar-refractivity contribution in [3.05, 3.63) is 0 Å². The zero-order valence-electron chi connectivity index (χ0n) is 10.00. The van der Waals surface area contributed by atoms with Crippen LogP contribution in [0.5, 0.6) is 0 Å². The highest BCUT2D eigenvalue weighted by Crippen LogP contribution is 2.23. The molecule has 14 heavy (non-hydrogen) atoms. The van der Waals surface area contributed by atoms with E-state index in [2.05, 4.69) is 25.7 Å². The maximum absolute atomic E-state index is 5.83. The van der Waals surface area contributed by atoms with Gasteiger partial charge in [-0.3, -0.25) is 4.90 Å². The molecule has 1 rings (SSSR count). The van der Waals surface area contributed by atoms with Crippen LogP contribution in [0.3, 0.4) is 0 Å². The molecule has 0 aromatic carbocycles. The summed E-state index contributed by atoms with van der Waals surface area (Å²) in [6.45, 7) is 10.2. The van der Waals surface area contributed by atoms with Crippen LogP contribution in [0.1, 0.15) is 40.0 Å². The molecule has 1 atom stereocenters. The highest BCUT2D eigenvalue weighted by molar-refractivity contribution is 4.80. The molecule has 1 saturated heterocycles. The molecule has 0 radical (unpaired) electrons. The number of hydrogen-bond acceptors (Lipinski definition) is 2. The summed E-state index contributed by atoms with van der Waals surface area (Å²) in [4.78, 5) is 2.59. The van der Waals surface area contributed by atoms with Crippen molar-refractivity contribution in [1.29, 1.82) is 0 Å². The summed E-state index contributed by atoms with van der Waals surface area (Å²) in [5.41, 5.74) is 5.83. The molecule has 2 nitrogen and oxygen atoms in total. The van der Waals surface area contributed by atoms with E-state index in [0.29, 0.717) is 12.0 Å². The van der Waals surface area contributed by atoms with Crippen LogP contribution in [0, 0.1) is 11.8 Å². The highest BCUT2D eigenvalue weighted by Gasteiger charge is 2.24. The second kappa shape index (κ2) is 5.72. The van der Waals surface area contributed by atoms with Gasteiger partial charge in [-0.1, -0.05) is 27.2 Å². The number of hydrogen-bond donors (Lipinski definition) is 1. The summed E-state index contributed by atoms with van der Waals surface area (Å²) in [5, 5.41) is 0. The Morgan fingerprint density at radius 2 is 1.86 bits per heavy atom. The molecule has 2 heteroatoms. The molecule has 0 aliphatic carbocycles. The van der Waals surface area contributed by atoms with Gasteiger partial charge in [0.1, 0.15) is 0 Å². The van der Waals surface area contributed by atoms with E-state index in [0.717, 1.165) is 12.5 Å². The minimum atomic E-state index is 0.604. The fourth-order valence-electron chi connectivity index (χ4n) is 2.54. The summed E-state index contributed by atoms with van der Waals surface area (Å²) >= 11 is 0. The van der Waals surface area contributed by atoms with Gasteiger partial charge in [-0.15, -0.1) is 0 Å². The van der Waals surface area contributed by atoms with Crippen LogP contribution in [0.15, 0.2) is 0 Å². The van der Waals surface area contributed by atoms with Crippen LogP contribution in [0.2, 0.25) is 0 Å². The molecule has 0 aromatic rings. The van der Waals surface area contributed by atoms with Gasteiger partial charge in [0.2, 0.25) is 0 Å². The number of rotatable bonds is 4. The number of likely N-dealkylation sites (tertiary alicyclic amines) is 1. The molecule has 0 aromatic heterocycles. The third-order valence-corrected chi connectivity index (χ3v) is 3.71. The maximum Gasteiger partial charge on any atom is 0.0241 e. The Hall–Kier alpha value is -0.0800. The minimum absolute atomic E-state index is 0.604. The Morgan fingerprint density at radius 1 is 1.29 bits per heavy atom. The molecule has 2 N–H and O–H groups in total. The predicted molar refractivity (Wildman–Crippen MR) is 62.3 cm³/mol. The molecule has 0 bridgehead atoms. The zero-order valence-corrected chi connectivity index (χ0v) is 10.00. The number of nitrogens with zero attached hydrogens (tertiary/aromatic N) is 1. The molecule has 1 aliphatic rings. The lowest BCUT2D eigenvalue weighted by Gasteiger charge is -2.38. The highest BCUT2D eigenvalue weighted by atomic mass is 15.2. The van der Waals surface area contributed by atoms with E-state index in [-0.39, 0.29) is 0 Å². The number of nitrogens with two attached hydrogens (primary N) is 1. The first-order valence-corrected chi connectivity index (χ1v) is 6.13. The zero-order chi connectivity index (χ0) is 10.6. The summed E-state index contributed by atoms with van der Waals surface area (Å²) in [6, 6.07) is 0.604.